The van der Waals surface area contributed by atoms with Gasteiger partial charge in [-0.15, -0.1) is 24.8 Å². The smallest absolute Gasteiger partial charge is 0.506 e. The number of alkyl halides is 4. The number of carbonyl (C=O) groups excluding carboxylic acids is 1. The molecule has 23 heavy (non-hydrogen) atoms. The Kier molecular flexibility index (Phi) is 5.00. The van der Waals surface area contributed by atoms with Crippen LogP contribution in [-0.4, -0.2) is 17.4 Å². The van der Waals surface area contributed by atoms with E-state index in [1.807, 2.05) is 0 Å². The number of amides is 1. The van der Waals surface area contributed by atoms with E-state index in [1.165, 1.54) is 12.1 Å². The van der Waals surface area contributed by atoms with Gasteiger partial charge in [0.15, 0.2) is 0 Å². The van der Waals surface area contributed by atoms with Gasteiger partial charge in [0, 0.05) is 17.5 Å². The molecule has 0 spiro atoms. The van der Waals surface area contributed by atoms with Gasteiger partial charge in [-0.05, 0) is 29.8 Å². The van der Waals surface area contributed by atoms with Gasteiger partial charge in [-0.3, -0.25) is 4.79 Å². The van der Waals surface area contributed by atoms with E-state index in [4.69, 9.17) is 11.6 Å². The maximum absolute atomic E-state index is 12.2. The van der Waals surface area contributed by atoms with E-state index in [0.29, 0.717) is 5.88 Å². The zero-order chi connectivity index (χ0) is 17.0. The fourth-order valence-electron chi connectivity index (χ4n) is 1.75. The molecule has 0 radical (unpaired) electrons. The number of hydrogen-bond donors (Lipinski definition) is 2. The first-order chi connectivity index (χ1) is 10.8. The van der Waals surface area contributed by atoms with E-state index < -0.39 is 18.0 Å². The van der Waals surface area contributed by atoms with Crippen molar-refractivity contribution in [1.29, 1.82) is 0 Å². The fraction of sp³-hybridized carbons (Fsp3) is 0.133. The van der Waals surface area contributed by atoms with Crippen molar-refractivity contribution in [1.82, 2.24) is 0 Å². The van der Waals surface area contributed by atoms with Crippen LogP contribution in [0.25, 0.3) is 0 Å². The third-order valence-electron chi connectivity index (χ3n) is 2.82. The Morgan fingerprint density at radius 3 is 2.39 bits per heavy atom. The molecule has 2 rings (SSSR count). The molecule has 8 heteroatoms. The Bertz CT molecular complexity index is 702. The first kappa shape index (κ1) is 17.0. The predicted octanol–water partition coefficient (Wildman–Crippen LogP) is 4.28. The number of hydrogen-bond acceptors (Lipinski definition) is 3. The van der Waals surface area contributed by atoms with Crippen LogP contribution >= 0.6 is 11.6 Å². The van der Waals surface area contributed by atoms with Crippen LogP contribution < -0.4 is 10.1 Å². The largest absolute Gasteiger partial charge is 0.573 e. The van der Waals surface area contributed by atoms with Crippen LogP contribution in [0.15, 0.2) is 42.5 Å². The van der Waals surface area contributed by atoms with Crippen molar-refractivity contribution >= 4 is 23.2 Å². The first-order valence-corrected chi connectivity index (χ1v) is 6.87. The summed E-state index contributed by atoms with van der Waals surface area (Å²) in [7, 11) is 0. The second-order valence-corrected chi connectivity index (χ2v) is 4.78. The topological polar surface area (TPSA) is 58.6 Å². The highest BCUT2D eigenvalue weighted by Crippen LogP contribution is 2.31. The monoisotopic (exact) mass is 345 g/mol. The lowest BCUT2D eigenvalue weighted by Gasteiger charge is -2.12. The summed E-state index contributed by atoms with van der Waals surface area (Å²) in [6, 6.07) is 9.13. The maximum Gasteiger partial charge on any atom is 0.573 e. The number of anilines is 1. The molecule has 1 amide bonds. The summed E-state index contributed by atoms with van der Waals surface area (Å²) in [5.74, 6) is -1.24. The molecule has 0 aliphatic rings. The van der Waals surface area contributed by atoms with Gasteiger partial charge >= 0.3 is 6.36 Å². The third-order valence-corrected chi connectivity index (χ3v) is 3.13. The summed E-state index contributed by atoms with van der Waals surface area (Å²) in [6.07, 6.45) is -4.87. The zero-order valence-electron chi connectivity index (χ0n) is 11.5. The summed E-state index contributed by atoms with van der Waals surface area (Å²) in [5, 5.41) is 12.0. The molecule has 2 aromatic carbocycles. The summed E-state index contributed by atoms with van der Waals surface area (Å²) >= 11 is 5.64. The van der Waals surface area contributed by atoms with Gasteiger partial charge in [-0.1, -0.05) is 12.1 Å². The van der Waals surface area contributed by atoms with Crippen molar-refractivity contribution in [2.24, 2.45) is 0 Å². The quantitative estimate of drug-likeness (QED) is 0.642. The number of phenols is 1. The average Bonchev–Trinajstić information content (AvgIpc) is 2.49. The van der Waals surface area contributed by atoms with Gasteiger partial charge in [0.1, 0.15) is 11.5 Å². The molecule has 0 aromatic heterocycles. The van der Waals surface area contributed by atoms with Gasteiger partial charge in [0.05, 0.1) is 5.69 Å². The fourth-order valence-corrected chi connectivity index (χ4v) is 1.93. The van der Waals surface area contributed by atoms with E-state index in [9.17, 15) is 23.1 Å². The second-order valence-electron chi connectivity index (χ2n) is 4.51. The van der Waals surface area contributed by atoms with E-state index in [-0.39, 0.29) is 17.0 Å². The number of rotatable bonds is 4. The number of ether oxygens (including phenoxy) is 1. The Morgan fingerprint density at radius 2 is 1.83 bits per heavy atom. The van der Waals surface area contributed by atoms with Crippen molar-refractivity contribution in [3.8, 4) is 11.5 Å². The third kappa shape index (κ3) is 4.79. The molecule has 0 heterocycles. The van der Waals surface area contributed by atoms with Gasteiger partial charge < -0.3 is 15.2 Å². The normalized spacial score (nSPS) is 11.1. The van der Waals surface area contributed by atoms with Gasteiger partial charge in [-0.2, -0.15) is 0 Å². The highest BCUT2D eigenvalue weighted by Gasteiger charge is 2.31. The summed E-state index contributed by atoms with van der Waals surface area (Å²) in [6.45, 7) is 0. The minimum Gasteiger partial charge on any atom is -0.506 e. The Labute approximate surface area is 134 Å². The molecule has 0 bridgehead atoms. The van der Waals surface area contributed by atoms with Gasteiger partial charge in [-0.25, -0.2) is 0 Å². The van der Waals surface area contributed by atoms with Crippen molar-refractivity contribution in [2.75, 3.05) is 5.32 Å². The molecular weight excluding hydrogens is 335 g/mol. The lowest BCUT2D eigenvalue weighted by Crippen LogP contribution is -2.17. The van der Waals surface area contributed by atoms with Crippen LogP contribution in [-0.2, 0) is 5.88 Å². The molecule has 0 aliphatic carbocycles. The number of halogens is 4. The molecule has 0 atom stereocenters. The predicted molar refractivity (Wildman–Crippen MR) is 78.7 cm³/mol. The number of carbonyl (C=O) groups is 1. The minimum atomic E-state index is -4.87. The molecule has 4 nitrogen and oxygen atoms in total. The number of nitrogens with one attached hydrogen (secondary N) is 1. The average molecular weight is 346 g/mol. The summed E-state index contributed by atoms with van der Waals surface area (Å²) < 4.78 is 40.3. The Hall–Kier alpha value is -2.41. The molecule has 0 unspecified atom stereocenters. The van der Waals surface area contributed by atoms with Crippen LogP contribution in [0.2, 0.25) is 0 Å². The number of benzene rings is 2. The number of phenolic OH excluding ortho intramolecular Hbond substituents is 1. The number of aromatic hydroxyl groups is 1. The highest BCUT2D eigenvalue weighted by molar-refractivity contribution is 6.17. The minimum absolute atomic E-state index is 0.196. The SMILES string of the molecule is O=C(Nc1cc(OC(F)(F)F)ccc1O)c1ccc(CCl)cc1. The van der Waals surface area contributed by atoms with Gasteiger partial charge in [0.25, 0.3) is 5.91 Å². The first-order valence-electron chi connectivity index (χ1n) is 6.33. The van der Waals surface area contributed by atoms with Crippen molar-refractivity contribution in [2.45, 2.75) is 12.2 Å². The van der Waals surface area contributed by atoms with Crippen molar-refractivity contribution in [3.05, 3.63) is 53.6 Å². The van der Waals surface area contributed by atoms with Crippen LogP contribution in [0.1, 0.15) is 15.9 Å². The standard InChI is InChI=1S/C15H11ClF3NO3/c16-8-9-1-3-10(4-2-9)14(22)20-12-7-11(5-6-13(12)21)23-15(17,18)19/h1-7,21H,8H2,(H,20,22). The van der Waals surface area contributed by atoms with E-state index >= 15 is 0 Å². The molecule has 0 aliphatic heterocycles. The highest BCUT2D eigenvalue weighted by atomic mass is 35.5. The molecule has 0 saturated carbocycles. The Morgan fingerprint density at radius 1 is 1.17 bits per heavy atom. The van der Waals surface area contributed by atoms with Crippen LogP contribution in [0, 0.1) is 0 Å². The Balaban J connectivity index is 2.17. The molecule has 0 fully saturated rings. The van der Waals surface area contributed by atoms with E-state index in [0.717, 1.165) is 23.8 Å². The van der Waals surface area contributed by atoms with E-state index in [1.54, 1.807) is 12.1 Å². The van der Waals surface area contributed by atoms with E-state index in [2.05, 4.69) is 10.1 Å². The van der Waals surface area contributed by atoms with Crippen LogP contribution in [0.4, 0.5) is 18.9 Å². The zero-order valence-corrected chi connectivity index (χ0v) is 12.3. The lowest BCUT2D eigenvalue weighted by molar-refractivity contribution is -0.274. The summed E-state index contributed by atoms with van der Waals surface area (Å²) in [4.78, 5) is 12.0. The summed E-state index contributed by atoms with van der Waals surface area (Å²) in [5.41, 5.74) is 0.880. The molecular formula is C15H11ClF3NO3. The second kappa shape index (κ2) is 6.78. The van der Waals surface area contributed by atoms with Crippen LogP contribution in [0.5, 0.6) is 11.5 Å². The molecule has 122 valence electrons. The molecule has 2 N–H and O–H groups in total. The van der Waals surface area contributed by atoms with Crippen molar-refractivity contribution in [3.63, 3.8) is 0 Å². The molecule has 0 saturated heterocycles. The van der Waals surface area contributed by atoms with Crippen molar-refractivity contribution < 1.29 is 27.8 Å². The lowest BCUT2D eigenvalue weighted by atomic mass is 10.1. The maximum atomic E-state index is 12.2. The molecule has 2 aromatic rings. The van der Waals surface area contributed by atoms with Gasteiger partial charge in [0.2, 0.25) is 0 Å². The van der Waals surface area contributed by atoms with Crippen LogP contribution in [0.3, 0.4) is 0 Å².